The standard InChI is InChI=1S/C9H12F4N2O3/c1-18-8(17)14-5-2-3-15(4-5)7(16)9(12,13)6(10)11/h5-6H,2-4H2,1H3,(H,14,17). The number of carbonyl (C=O) groups excluding carboxylic acids is 2. The third-order valence-electron chi connectivity index (χ3n) is 2.54. The monoisotopic (exact) mass is 272 g/mol. The van der Waals surface area contributed by atoms with Crippen LogP contribution < -0.4 is 5.32 Å². The number of hydrogen-bond acceptors (Lipinski definition) is 3. The van der Waals surface area contributed by atoms with E-state index in [1.165, 1.54) is 0 Å². The Labute approximate surface area is 100 Å². The first kappa shape index (κ1) is 14.5. The first-order chi connectivity index (χ1) is 8.28. The van der Waals surface area contributed by atoms with E-state index < -0.39 is 30.4 Å². The lowest BCUT2D eigenvalue weighted by Gasteiger charge is -2.22. The summed E-state index contributed by atoms with van der Waals surface area (Å²) in [6.45, 7) is -0.355. The van der Waals surface area contributed by atoms with Crippen molar-refractivity contribution in [3.8, 4) is 0 Å². The summed E-state index contributed by atoms with van der Waals surface area (Å²) in [5, 5.41) is 2.31. The van der Waals surface area contributed by atoms with Crippen LogP contribution in [0.5, 0.6) is 0 Å². The van der Waals surface area contributed by atoms with Gasteiger partial charge in [-0.1, -0.05) is 0 Å². The lowest BCUT2D eigenvalue weighted by atomic mass is 10.3. The Bertz CT molecular complexity index is 338. The molecular weight excluding hydrogens is 260 g/mol. The normalized spacial score (nSPS) is 20.1. The minimum absolute atomic E-state index is 0.115. The fourth-order valence-electron chi connectivity index (χ4n) is 1.59. The minimum atomic E-state index is -4.69. The van der Waals surface area contributed by atoms with Crippen LogP contribution in [0, 0.1) is 0 Å². The number of likely N-dealkylation sites (tertiary alicyclic amines) is 1. The summed E-state index contributed by atoms with van der Waals surface area (Å²) in [5.74, 6) is -6.62. The molecule has 0 aromatic rings. The number of amides is 2. The second-order valence-electron chi connectivity index (χ2n) is 3.80. The molecule has 0 aromatic carbocycles. The van der Waals surface area contributed by atoms with Crippen molar-refractivity contribution < 1.29 is 31.9 Å². The van der Waals surface area contributed by atoms with E-state index in [1.807, 2.05) is 0 Å². The molecule has 1 atom stereocenters. The topological polar surface area (TPSA) is 58.6 Å². The van der Waals surface area contributed by atoms with Gasteiger partial charge in [-0.3, -0.25) is 4.79 Å². The molecule has 1 unspecified atom stereocenters. The first-order valence-electron chi connectivity index (χ1n) is 5.08. The maximum atomic E-state index is 12.8. The summed E-state index contributed by atoms with van der Waals surface area (Å²) in [7, 11) is 1.12. The predicted molar refractivity (Wildman–Crippen MR) is 51.5 cm³/mol. The number of nitrogens with zero attached hydrogens (tertiary/aromatic N) is 1. The summed E-state index contributed by atoms with van der Waals surface area (Å²) in [6, 6.07) is -0.574. The molecule has 0 saturated carbocycles. The molecule has 9 heteroatoms. The van der Waals surface area contributed by atoms with Gasteiger partial charge in [-0.2, -0.15) is 8.78 Å². The number of alkyl carbamates (subject to hydrolysis) is 1. The van der Waals surface area contributed by atoms with Crippen LogP contribution in [-0.2, 0) is 9.53 Å². The molecule has 0 spiro atoms. The Morgan fingerprint density at radius 1 is 1.44 bits per heavy atom. The van der Waals surface area contributed by atoms with E-state index in [0.717, 1.165) is 7.11 Å². The molecule has 104 valence electrons. The van der Waals surface area contributed by atoms with Crippen LogP contribution in [0.3, 0.4) is 0 Å². The van der Waals surface area contributed by atoms with Crippen LogP contribution in [0.1, 0.15) is 6.42 Å². The second-order valence-corrected chi connectivity index (χ2v) is 3.80. The molecular formula is C9H12F4N2O3. The van der Waals surface area contributed by atoms with Gasteiger partial charge in [0.05, 0.1) is 13.2 Å². The molecule has 1 N–H and O–H groups in total. The van der Waals surface area contributed by atoms with Gasteiger partial charge in [0.25, 0.3) is 5.91 Å². The van der Waals surface area contributed by atoms with Crippen molar-refractivity contribution in [1.29, 1.82) is 0 Å². The second kappa shape index (κ2) is 5.40. The van der Waals surface area contributed by atoms with Gasteiger partial charge in [0.2, 0.25) is 0 Å². The fourth-order valence-corrected chi connectivity index (χ4v) is 1.59. The number of ether oxygens (including phenoxy) is 1. The molecule has 1 aliphatic rings. The van der Waals surface area contributed by atoms with E-state index in [9.17, 15) is 27.2 Å². The van der Waals surface area contributed by atoms with Crippen LogP contribution in [0.25, 0.3) is 0 Å². The van der Waals surface area contributed by atoms with E-state index in [-0.39, 0.29) is 19.5 Å². The quantitative estimate of drug-likeness (QED) is 0.775. The highest BCUT2D eigenvalue weighted by Gasteiger charge is 2.52. The van der Waals surface area contributed by atoms with Gasteiger partial charge in [0.1, 0.15) is 0 Å². The highest BCUT2D eigenvalue weighted by atomic mass is 19.3. The van der Waals surface area contributed by atoms with Gasteiger partial charge < -0.3 is 15.0 Å². The number of alkyl halides is 4. The van der Waals surface area contributed by atoms with Gasteiger partial charge in [0.15, 0.2) is 0 Å². The predicted octanol–water partition coefficient (Wildman–Crippen LogP) is 0.844. The molecule has 2 amide bonds. The Morgan fingerprint density at radius 3 is 2.56 bits per heavy atom. The summed E-state index contributed by atoms with van der Waals surface area (Å²) in [6.07, 6.45) is -4.60. The third-order valence-corrected chi connectivity index (χ3v) is 2.54. The van der Waals surface area contributed by atoms with Crippen molar-refractivity contribution in [2.24, 2.45) is 0 Å². The summed E-state index contributed by atoms with van der Waals surface area (Å²) >= 11 is 0. The molecule has 0 radical (unpaired) electrons. The molecule has 1 aliphatic heterocycles. The highest BCUT2D eigenvalue weighted by Crippen LogP contribution is 2.27. The van der Waals surface area contributed by atoms with Crippen LogP contribution in [-0.4, -0.2) is 55.5 Å². The van der Waals surface area contributed by atoms with E-state index in [1.54, 1.807) is 0 Å². The Kier molecular flexibility index (Phi) is 4.36. The SMILES string of the molecule is COC(=O)NC1CCN(C(=O)C(F)(F)C(F)F)C1. The van der Waals surface area contributed by atoms with Crippen LogP contribution in [0.2, 0.25) is 0 Å². The van der Waals surface area contributed by atoms with Gasteiger partial charge in [0, 0.05) is 13.1 Å². The number of hydrogen-bond donors (Lipinski definition) is 1. The fraction of sp³-hybridized carbons (Fsp3) is 0.778. The third kappa shape index (κ3) is 3.02. The lowest BCUT2D eigenvalue weighted by Crippen LogP contribution is -2.48. The first-order valence-corrected chi connectivity index (χ1v) is 5.08. The molecule has 1 fully saturated rings. The zero-order valence-corrected chi connectivity index (χ0v) is 9.46. The van der Waals surface area contributed by atoms with Crippen molar-refractivity contribution >= 4 is 12.0 Å². The average Bonchev–Trinajstić information content (AvgIpc) is 2.75. The lowest BCUT2D eigenvalue weighted by molar-refractivity contribution is -0.179. The number of rotatable bonds is 3. The zero-order chi connectivity index (χ0) is 13.9. The molecule has 0 bridgehead atoms. The number of methoxy groups -OCH3 is 1. The van der Waals surface area contributed by atoms with E-state index in [0.29, 0.717) is 4.90 Å². The molecule has 1 heterocycles. The Balaban J connectivity index is 2.56. The van der Waals surface area contributed by atoms with Gasteiger partial charge in [-0.15, -0.1) is 0 Å². The van der Waals surface area contributed by atoms with Crippen molar-refractivity contribution in [2.45, 2.75) is 24.8 Å². The Morgan fingerprint density at radius 2 is 2.06 bits per heavy atom. The minimum Gasteiger partial charge on any atom is -0.453 e. The smallest absolute Gasteiger partial charge is 0.407 e. The van der Waals surface area contributed by atoms with Gasteiger partial charge in [-0.05, 0) is 6.42 Å². The van der Waals surface area contributed by atoms with Crippen LogP contribution in [0.15, 0.2) is 0 Å². The molecule has 0 aliphatic carbocycles. The zero-order valence-electron chi connectivity index (χ0n) is 9.46. The number of nitrogens with one attached hydrogen (secondary N) is 1. The van der Waals surface area contributed by atoms with Crippen LogP contribution in [0.4, 0.5) is 22.4 Å². The van der Waals surface area contributed by atoms with Gasteiger partial charge in [-0.25, -0.2) is 13.6 Å². The molecule has 0 aromatic heterocycles. The van der Waals surface area contributed by atoms with Crippen molar-refractivity contribution in [3.63, 3.8) is 0 Å². The largest absolute Gasteiger partial charge is 0.453 e. The summed E-state index contributed by atoms with van der Waals surface area (Å²) in [5.41, 5.74) is 0. The molecule has 18 heavy (non-hydrogen) atoms. The van der Waals surface area contributed by atoms with Crippen molar-refractivity contribution in [2.75, 3.05) is 20.2 Å². The van der Waals surface area contributed by atoms with E-state index in [2.05, 4.69) is 10.1 Å². The van der Waals surface area contributed by atoms with Crippen LogP contribution >= 0.6 is 0 Å². The maximum Gasteiger partial charge on any atom is 0.407 e. The summed E-state index contributed by atoms with van der Waals surface area (Å²) < 4.78 is 53.9. The van der Waals surface area contributed by atoms with Gasteiger partial charge >= 0.3 is 18.4 Å². The van der Waals surface area contributed by atoms with Crippen molar-refractivity contribution in [3.05, 3.63) is 0 Å². The van der Waals surface area contributed by atoms with Crippen molar-refractivity contribution in [1.82, 2.24) is 10.2 Å². The molecule has 1 rings (SSSR count). The van der Waals surface area contributed by atoms with E-state index in [4.69, 9.17) is 0 Å². The number of carbonyl (C=O) groups is 2. The molecule has 1 saturated heterocycles. The number of halogens is 4. The Hall–Kier alpha value is -1.54. The summed E-state index contributed by atoms with van der Waals surface area (Å²) in [4.78, 5) is 22.6. The van der Waals surface area contributed by atoms with E-state index >= 15 is 0 Å². The maximum absolute atomic E-state index is 12.8. The molecule has 5 nitrogen and oxygen atoms in total. The highest BCUT2D eigenvalue weighted by molar-refractivity contribution is 5.84. The average molecular weight is 272 g/mol.